The SMILES string of the molecule is Cc1cc(C(=O)COC(=O)C[C@H](NC(N)=O)c2ccc(Cl)cc2)c(C)n1-c1cccc(C(F)(F)F)c1. The van der Waals surface area contributed by atoms with E-state index in [0.717, 1.165) is 12.1 Å². The number of esters is 1. The van der Waals surface area contributed by atoms with E-state index in [9.17, 15) is 27.6 Å². The summed E-state index contributed by atoms with van der Waals surface area (Å²) in [6.07, 6.45) is -4.80. The zero-order valence-electron chi connectivity index (χ0n) is 19.4. The Kier molecular flexibility index (Phi) is 8.09. The first-order valence-corrected chi connectivity index (χ1v) is 11.1. The van der Waals surface area contributed by atoms with Gasteiger partial charge in [0.2, 0.25) is 5.78 Å². The van der Waals surface area contributed by atoms with Gasteiger partial charge in [-0.15, -0.1) is 0 Å². The van der Waals surface area contributed by atoms with Crippen LogP contribution in [0.1, 0.15) is 45.3 Å². The lowest BCUT2D eigenvalue weighted by atomic mass is 10.0. The van der Waals surface area contributed by atoms with Gasteiger partial charge >= 0.3 is 18.2 Å². The van der Waals surface area contributed by atoms with Crippen molar-refractivity contribution in [2.24, 2.45) is 5.73 Å². The summed E-state index contributed by atoms with van der Waals surface area (Å²) in [6.45, 7) is 2.66. The number of carbonyl (C=O) groups excluding carboxylic acids is 3. The molecule has 3 aromatic rings. The van der Waals surface area contributed by atoms with Crippen molar-refractivity contribution in [3.63, 3.8) is 0 Å². The minimum absolute atomic E-state index is 0.210. The van der Waals surface area contributed by atoms with Gasteiger partial charge in [0.25, 0.3) is 0 Å². The third-order valence-corrected chi connectivity index (χ3v) is 5.74. The summed E-state index contributed by atoms with van der Waals surface area (Å²) in [5.41, 5.74) is 6.35. The molecule has 1 heterocycles. The molecule has 11 heteroatoms. The second kappa shape index (κ2) is 10.9. The van der Waals surface area contributed by atoms with E-state index in [4.69, 9.17) is 22.1 Å². The molecule has 2 aromatic carbocycles. The second-order valence-corrected chi connectivity index (χ2v) is 8.51. The van der Waals surface area contributed by atoms with Crippen LogP contribution in [0.5, 0.6) is 0 Å². The van der Waals surface area contributed by atoms with Crippen molar-refractivity contribution >= 4 is 29.4 Å². The molecule has 1 atom stereocenters. The van der Waals surface area contributed by atoms with Crippen LogP contribution in [0.25, 0.3) is 5.69 Å². The molecule has 0 saturated heterocycles. The molecule has 2 amide bonds. The normalized spacial score (nSPS) is 12.2. The quantitative estimate of drug-likeness (QED) is 0.310. The average molecular weight is 522 g/mol. The molecule has 0 aliphatic heterocycles. The predicted octanol–water partition coefficient (Wildman–Crippen LogP) is 5.29. The summed E-state index contributed by atoms with van der Waals surface area (Å²) in [4.78, 5) is 36.6. The van der Waals surface area contributed by atoms with E-state index in [1.165, 1.54) is 22.8 Å². The van der Waals surface area contributed by atoms with Gasteiger partial charge in [0, 0.05) is 27.7 Å². The molecular weight excluding hydrogens is 499 g/mol. The highest BCUT2D eigenvalue weighted by atomic mass is 35.5. The number of nitrogens with one attached hydrogen (secondary N) is 1. The lowest BCUT2D eigenvalue weighted by Crippen LogP contribution is -2.34. The van der Waals surface area contributed by atoms with Crippen LogP contribution in [-0.4, -0.2) is 29.0 Å². The zero-order valence-corrected chi connectivity index (χ0v) is 20.1. The van der Waals surface area contributed by atoms with Crippen molar-refractivity contribution in [1.82, 2.24) is 9.88 Å². The number of carbonyl (C=O) groups is 3. The van der Waals surface area contributed by atoms with E-state index in [0.29, 0.717) is 22.0 Å². The van der Waals surface area contributed by atoms with Crippen molar-refractivity contribution < 1.29 is 32.3 Å². The number of Topliss-reactive ketones (excluding diaryl/α,β-unsaturated/α-hetero) is 1. The van der Waals surface area contributed by atoms with Crippen molar-refractivity contribution in [2.45, 2.75) is 32.5 Å². The van der Waals surface area contributed by atoms with Gasteiger partial charge < -0.3 is 20.4 Å². The minimum Gasteiger partial charge on any atom is -0.457 e. The molecule has 7 nitrogen and oxygen atoms in total. The van der Waals surface area contributed by atoms with Crippen molar-refractivity contribution in [1.29, 1.82) is 0 Å². The molecule has 0 fully saturated rings. The maximum Gasteiger partial charge on any atom is 0.416 e. The number of ketones is 1. The smallest absolute Gasteiger partial charge is 0.416 e. The highest BCUT2D eigenvalue weighted by Gasteiger charge is 2.31. The van der Waals surface area contributed by atoms with Crippen LogP contribution in [0.2, 0.25) is 5.02 Å². The number of hydrogen-bond acceptors (Lipinski definition) is 4. The molecule has 0 saturated carbocycles. The molecule has 36 heavy (non-hydrogen) atoms. The van der Waals surface area contributed by atoms with Gasteiger partial charge in [0.1, 0.15) is 0 Å². The lowest BCUT2D eigenvalue weighted by Gasteiger charge is -2.17. The number of halogens is 4. The highest BCUT2D eigenvalue weighted by Crippen LogP contribution is 2.31. The Hall–Kier alpha value is -3.79. The van der Waals surface area contributed by atoms with Gasteiger partial charge in [-0.05, 0) is 55.8 Å². The Labute approximate surface area is 210 Å². The van der Waals surface area contributed by atoms with Gasteiger partial charge in [0.05, 0.1) is 18.0 Å². The van der Waals surface area contributed by atoms with Crippen LogP contribution < -0.4 is 11.1 Å². The monoisotopic (exact) mass is 521 g/mol. The Bertz CT molecular complexity index is 1290. The topological polar surface area (TPSA) is 103 Å². The van der Waals surface area contributed by atoms with Crippen molar-refractivity contribution in [2.75, 3.05) is 6.61 Å². The number of nitrogens with two attached hydrogens (primary N) is 1. The summed E-state index contributed by atoms with van der Waals surface area (Å²) in [5.74, 6) is -1.29. The Morgan fingerprint density at radius 1 is 1.08 bits per heavy atom. The number of amides is 2. The third-order valence-electron chi connectivity index (χ3n) is 5.49. The van der Waals surface area contributed by atoms with Crippen LogP contribution in [0.15, 0.2) is 54.6 Å². The van der Waals surface area contributed by atoms with Crippen molar-refractivity contribution in [3.8, 4) is 5.69 Å². The summed E-state index contributed by atoms with van der Waals surface area (Å²) < 4.78 is 46.0. The highest BCUT2D eigenvalue weighted by molar-refractivity contribution is 6.30. The molecule has 0 aliphatic rings. The van der Waals surface area contributed by atoms with Gasteiger partial charge in [-0.3, -0.25) is 9.59 Å². The molecule has 0 unspecified atom stereocenters. The maximum absolute atomic E-state index is 13.1. The Balaban J connectivity index is 1.72. The molecule has 1 aromatic heterocycles. The van der Waals surface area contributed by atoms with E-state index in [1.807, 2.05) is 0 Å². The summed E-state index contributed by atoms with van der Waals surface area (Å²) in [5, 5.41) is 2.91. The number of hydrogen-bond donors (Lipinski definition) is 2. The molecule has 0 radical (unpaired) electrons. The maximum atomic E-state index is 13.1. The van der Waals surface area contributed by atoms with Gasteiger partial charge in [-0.2, -0.15) is 13.2 Å². The molecule has 0 spiro atoms. The van der Waals surface area contributed by atoms with E-state index in [-0.39, 0.29) is 17.7 Å². The van der Waals surface area contributed by atoms with Crippen LogP contribution in [-0.2, 0) is 15.7 Å². The fourth-order valence-electron chi connectivity index (χ4n) is 3.83. The van der Waals surface area contributed by atoms with Gasteiger partial charge in [-0.1, -0.05) is 29.8 Å². The molecular formula is C25H23ClF3N3O4. The van der Waals surface area contributed by atoms with Crippen LogP contribution in [0.3, 0.4) is 0 Å². The number of ether oxygens (including phenoxy) is 1. The predicted molar refractivity (Wildman–Crippen MR) is 127 cm³/mol. The van der Waals surface area contributed by atoms with E-state index < -0.39 is 42.2 Å². The fraction of sp³-hybridized carbons (Fsp3) is 0.240. The summed E-state index contributed by atoms with van der Waals surface area (Å²) in [7, 11) is 0. The van der Waals surface area contributed by atoms with Crippen LogP contribution in [0.4, 0.5) is 18.0 Å². The van der Waals surface area contributed by atoms with E-state index >= 15 is 0 Å². The number of primary amides is 1. The molecule has 0 bridgehead atoms. The number of benzene rings is 2. The average Bonchev–Trinajstić information content (AvgIpc) is 3.10. The standard InChI is InChI=1S/C25H23ClF3N3O4/c1-14-10-20(15(2)32(14)19-5-3-4-17(11-19)25(27,28)29)22(33)13-36-23(34)12-21(31-24(30)35)16-6-8-18(26)9-7-16/h3-11,21H,12-13H2,1-2H3,(H3,30,31,35)/t21-/m0/s1. The lowest BCUT2D eigenvalue weighted by molar-refractivity contribution is -0.143. The van der Waals surface area contributed by atoms with Crippen LogP contribution >= 0.6 is 11.6 Å². The first-order chi connectivity index (χ1) is 16.9. The Morgan fingerprint density at radius 3 is 2.36 bits per heavy atom. The summed E-state index contributed by atoms with van der Waals surface area (Å²) >= 11 is 5.87. The molecule has 0 aliphatic carbocycles. The van der Waals surface area contributed by atoms with Crippen molar-refractivity contribution in [3.05, 3.63) is 87.7 Å². The molecule has 3 rings (SSSR count). The number of nitrogens with zero attached hydrogens (tertiary/aromatic N) is 1. The number of rotatable bonds is 8. The summed E-state index contributed by atoms with van der Waals surface area (Å²) in [6, 6.07) is 11.0. The second-order valence-electron chi connectivity index (χ2n) is 8.07. The first-order valence-electron chi connectivity index (χ1n) is 10.7. The largest absolute Gasteiger partial charge is 0.457 e. The van der Waals surface area contributed by atoms with Gasteiger partial charge in [0.15, 0.2) is 6.61 Å². The number of aromatic nitrogens is 1. The number of urea groups is 1. The third kappa shape index (κ3) is 6.45. The number of alkyl halides is 3. The first kappa shape index (κ1) is 26.8. The van der Waals surface area contributed by atoms with E-state index in [1.54, 1.807) is 38.1 Å². The van der Waals surface area contributed by atoms with Gasteiger partial charge in [-0.25, -0.2) is 4.79 Å². The minimum atomic E-state index is -4.51. The van der Waals surface area contributed by atoms with Crippen LogP contribution in [0, 0.1) is 13.8 Å². The fourth-order valence-corrected chi connectivity index (χ4v) is 3.96. The van der Waals surface area contributed by atoms with E-state index in [2.05, 4.69) is 5.32 Å². The molecule has 3 N–H and O–H groups in total. The Morgan fingerprint density at radius 2 is 1.75 bits per heavy atom. The number of aryl methyl sites for hydroxylation is 1. The zero-order chi connectivity index (χ0) is 26.6. The molecule has 190 valence electrons.